The van der Waals surface area contributed by atoms with Crippen molar-refractivity contribution in [3.05, 3.63) is 35.9 Å². The van der Waals surface area contributed by atoms with E-state index in [9.17, 15) is 18.3 Å². The molecular formula is C15H20N2O4S. The zero-order chi connectivity index (χ0) is 15.7. The van der Waals surface area contributed by atoms with Crippen molar-refractivity contribution in [2.75, 3.05) is 6.54 Å². The number of nitrogens with one attached hydrogen (secondary N) is 1. The molecule has 1 aromatic rings. The molecule has 2 N–H and O–H groups in total. The molecule has 0 aromatic heterocycles. The zero-order valence-corrected chi connectivity index (χ0v) is 13.0. The minimum atomic E-state index is -3.75. The Morgan fingerprint density at radius 1 is 1.32 bits per heavy atom. The van der Waals surface area contributed by atoms with E-state index in [4.69, 9.17) is 0 Å². The van der Waals surface area contributed by atoms with Gasteiger partial charge in [-0.25, -0.2) is 0 Å². The molecule has 3 rings (SSSR count). The number of piperidine rings is 1. The highest BCUT2D eigenvalue weighted by atomic mass is 32.2. The van der Waals surface area contributed by atoms with Gasteiger partial charge in [0.2, 0.25) is 0 Å². The normalized spacial score (nSPS) is 26.2. The molecule has 2 unspecified atom stereocenters. The van der Waals surface area contributed by atoms with Crippen molar-refractivity contribution in [1.29, 1.82) is 0 Å². The lowest BCUT2D eigenvalue weighted by atomic mass is 10.1. The first kappa shape index (κ1) is 15.5. The molecular weight excluding hydrogens is 304 g/mol. The lowest BCUT2D eigenvalue weighted by Gasteiger charge is -2.27. The summed E-state index contributed by atoms with van der Waals surface area (Å²) in [5.74, 6) is -0.726. The highest BCUT2D eigenvalue weighted by Crippen LogP contribution is 2.38. The number of carboxylic acid groups (broad SMARTS) is 1. The van der Waals surface area contributed by atoms with Crippen molar-refractivity contribution in [2.24, 2.45) is 5.92 Å². The molecule has 0 spiro atoms. The van der Waals surface area contributed by atoms with E-state index in [1.165, 1.54) is 4.31 Å². The molecule has 6 nitrogen and oxygen atoms in total. The van der Waals surface area contributed by atoms with Crippen molar-refractivity contribution in [2.45, 2.75) is 37.8 Å². The number of fused-ring (bicyclic) bond motifs is 2. The summed E-state index contributed by atoms with van der Waals surface area (Å²) >= 11 is 0. The highest BCUT2D eigenvalue weighted by molar-refractivity contribution is 7.87. The first-order chi connectivity index (χ1) is 10.5. The molecule has 22 heavy (non-hydrogen) atoms. The quantitative estimate of drug-likeness (QED) is 0.817. The van der Waals surface area contributed by atoms with Crippen LogP contribution in [0.5, 0.6) is 0 Å². The van der Waals surface area contributed by atoms with Gasteiger partial charge in [-0.15, -0.1) is 0 Å². The van der Waals surface area contributed by atoms with E-state index in [0.29, 0.717) is 12.5 Å². The molecule has 0 radical (unpaired) electrons. The van der Waals surface area contributed by atoms with Crippen LogP contribution in [-0.2, 0) is 21.4 Å². The Balaban J connectivity index is 1.72. The van der Waals surface area contributed by atoms with Gasteiger partial charge in [-0.2, -0.15) is 17.4 Å². The van der Waals surface area contributed by atoms with Crippen LogP contribution in [0, 0.1) is 5.92 Å². The maximum absolute atomic E-state index is 12.5. The van der Waals surface area contributed by atoms with Crippen LogP contribution in [0.4, 0.5) is 0 Å². The van der Waals surface area contributed by atoms with Gasteiger partial charge in [0.25, 0.3) is 10.2 Å². The Morgan fingerprint density at radius 2 is 2.05 bits per heavy atom. The van der Waals surface area contributed by atoms with Gasteiger partial charge in [-0.05, 0) is 37.2 Å². The third-order valence-corrected chi connectivity index (χ3v) is 6.19. The molecule has 2 aliphatic rings. The van der Waals surface area contributed by atoms with Crippen molar-refractivity contribution >= 4 is 16.2 Å². The summed E-state index contributed by atoms with van der Waals surface area (Å²) in [6.07, 6.45) is 2.99. The smallest absolute Gasteiger partial charge is 0.322 e. The van der Waals surface area contributed by atoms with E-state index in [2.05, 4.69) is 4.72 Å². The van der Waals surface area contributed by atoms with Crippen LogP contribution in [0.3, 0.4) is 0 Å². The lowest BCUT2D eigenvalue weighted by molar-refractivity contribution is -0.138. The highest BCUT2D eigenvalue weighted by Gasteiger charge is 2.44. The summed E-state index contributed by atoms with van der Waals surface area (Å²) in [5.41, 5.74) is 0.792. The predicted octanol–water partition coefficient (Wildman–Crippen LogP) is 1.00. The Morgan fingerprint density at radius 3 is 2.59 bits per heavy atom. The van der Waals surface area contributed by atoms with E-state index in [1.54, 1.807) is 12.1 Å². The summed E-state index contributed by atoms with van der Waals surface area (Å²) in [7, 11) is -3.75. The van der Waals surface area contributed by atoms with Crippen molar-refractivity contribution in [1.82, 2.24) is 9.03 Å². The zero-order valence-electron chi connectivity index (χ0n) is 12.2. The molecule has 3 atom stereocenters. The minimum Gasteiger partial charge on any atom is -0.480 e. The fraction of sp³-hybridized carbons (Fsp3) is 0.533. The standard InChI is InChI=1S/C15H20N2O4S/c18-15(19)14(9-11-4-2-1-3-5-11)16-22(20,21)17-10-12-6-7-13(17)8-12/h1-5,12-14,16H,6-10H2,(H,18,19)/t12?,13?,14-/m1/s1. The summed E-state index contributed by atoms with van der Waals surface area (Å²) in [5, 5.41) is 9.33. The van der Waals surface area contributed by atoms with Gasteiger partial charge in [0, 0.05) is 12.6 Å². The maximum Gasteiger partial charge on any atom is 0.322 e. The average molecular weight is 324 g/mol. The second-order valence-electron chi connectivity index (χ2n) is 6.11. The van der Waals surface area contributed by atoms with Crippen molar-refractivity contribution in [3.8, 4) is 0 Å². The topological polar surface area (TPSA) is 86.7 Å². The molecule has 1 aromatic carbocycles. The third-order valence-electron chi connectivity index (χ3n) is 4.54. The van der Waals surface area contributed by atoms with Gasteiger partial charge in [-0.1, -0.05) is 30.3 Å². The number of hydrogen-bond acceptors (Lipinski definition) is 3. The number of rotatable bonds is 6. The number of nitrogens with zero attached hydrogens (tertiary/aromatic N) is 1. The van der Waals surface area contributed by atoms with Crippen LogP contribution in [0.25, 0.3) is 0 Å². The van der Waals surface area contributed by atoms with Crippen LogP contribution in [0.15, 0.2) is 30.3 Å². The van der Waals surface area contributed by atoms with Crippen LogP contribution in [0.2, 0.25) is 0 Å². The Hall–Kier alpha value is -1.44. The van der Waals surface area contributed by atoms with Gasteiger partial charge in [0.05, 0.1) is 0 Å². The van der Waals surface area contributed by atoms with Gasteiger partial charge in [-0.3, -0.25) is 4.79 Å². The molecule has 7 heteroatoms. The maximum atomic E-state index is 12.5. The molecule has 1 aliphatic heterocycles. The SMILES string of the molecule is O=C(O)[C@@H](Cc1ccccc1)NS(=O)(=O)N1CC2CCC1C2. The van der Waals surface area contributed by atoms with Gasteiger partial charge in [0.15, 0.2) is 0 Å². The number of carbonyl (C=O) groups is 1. The Bertz CT molecular complexity index is 647. The summed E-state index contributed by atoms with van der Waals surface area (Å²) in [4.78, 5) is 11.4. The molecule has 2 bridgehead atoms. The Kier molecular flexibility index (Phi) is 4.20. The van der Waals surface area contributed by atoms with Gasteiger partial charge >= 0.3 is 5.97 Å². The second kappa shape index (κ2) is 5.98. The largest absolute Gasteiger partial charge is 0.480 e. The van der Waals surface area contributed by atoms with E-state index in [-0.39, 0.29) is 12.5 Å². The van der Waals surface area contributed by atoms with E-state index in [0.717, 1.165) is 24.8 Å². The first-order valence-corrected chi connectivity index (χ1v) is 8.95. The van der Waals surface area contributed by atoms with Crippen molar-refractivity contribution < 1.29 is 18.3 Å². The van der Waals surface area contributed by atoms with Crippen molar-refractivity contribution in [3.63, 3.8) is 0 Å². The number of aliphatic carboxylic acids is 1. The third kappa shape index (κ3) is 3.16. The predicted molar refractivity (Wildman–Crippen MR) is 81.5 cm³/mol. The molecule has 1 saturated carbocycles. The molecule has 120 valence electrons. The summed E-state index contributed by atoms with van der Waals surface area (Å²) in [6.45, 7) is 0.512. The van der Waals surface area contributed by atoms with Crippen LogP contribution >= 0.6 is 0 Å². The summed E-state index contributed by atoms with van der Waals surface area (Å²) in [6, 6.07) is 7.93. The van der Waals surface area contributed by atoms with Crippen LogP contribution in [-0.4, -0.2) is 42.4 Å². The van der Waals surface area contributed by atoms with E-state index in [1.807, 2.05) is 18.2 Å². The van der Waals surface area contributed by atoms with Crippen LogP contribution in [0.1, 0.15) is 24.8 Å². The van der Waals surface area contributed by atoms with Crippen LogP contribution < -0.4 is 4.72 Å². The van der Waals surface area contributed by atoms with E-state index >= 15 is 0 Å². The minimum absolute atomic E-state index is 0.0358. The molecule has 1 heterocycles. The molecule has 1 aliphatic carbocycles. The summed E-state index contributed by atoms with van der Waals surface area (Å²) < 4.78 is 28.8. The number of benzene rings is 1. The van der Waals surface area contributed by atoms with Gasteiger partial charge in [0.1, 0.15) is 6.04 Å². The molecule has 1 saturated heterocycles. The fourth-order valence-electron chi connectivity index (χ4n) is 3.45. The molecule has 2 fully saturated rings. The Labute approximate surface area is 130 Å². The molecule has 0 amide bonds. The van der Waals surface area contributed by atoms with E-state index < -0.39 is 22.2 Å². The monoisotopic (exact) mass is 324 g/mol. The fourth-order valence-corrected chi connectivity index (χ4v) is 5.12. The average Bonchev–Trinajstić information content (AvgIpc) is 3.10. The number of hydrogen-bond donors (Lipinski definition) is 2. The number of carboxylic acids is 1. The van der Waals surface area contributed by atoms with Gasteiger partial charge < -0.3 is 5.11 Å². The lowest BCUT2D eigenvalue weighted by Crippen LogP contribution is -2.51. The first-order valence-electron chi connectivity index (χ1n) is 7.51. The second-order valence-corrected chi connectivity index (χ2v) is 7.76.